The molecule has 2 saturated carbocycles. The second kappa shape index (κ2) is 6.78. The van der Waals surface area contributed by atoms with Gasteiger partial charge in [0.05, 0.1) is 19.2 Å². The van der Waals surface area contributed by atoms with E-state index in [1.54, 1.807) is 18.2 Å². The van der Waals surface area contributed by atoms with Gasteiger partial charge in [0, 0.05) is 6.42 Å². The van der Waals surface area contributed by atoms with Crippen LogP contribution in [0.3, 0.4) is 0 Å². The molecule has 26 heavy (non-hydrogen) atoms. The number of rotatable bonds is 7. The molecular weight excluding hydrogens is 338 g/mol. The Balaban J connectivity index is 1.33. The van der Waals surface area contributed by atoms with Crippen molar-refractivity contribution in [1.82, 2.24) is 5.32 Å². The number of allylic oxidation sites excluding steroid dienone is 1. The number of methoxy groups -OCH3 is 1. The van der Waals surface area contributed by atoms with E-state index in [0.29, 0.717) is 12.2 Å². The normalized spacial score (nSPS) is 35.2. The van der Waals surface area contributed by atoms with Crippen molar-refractivity contribution in [3.05, 3.63) is 24.0 Å². The maximum atomic E-state index is 14.6. The van der Waals surface area contributed by atoms with Crippen LogP contribution in [-0.2, 0) is 9.53 Å². The average Bonchev–Trinajstić information content (AvgIpc) is 3.30. The van der Waals surface area contributed by atoms with Gasteiger partial charge in [0.25, 0.3) is 11.8 Å². The summed E-state index contributed by atoms with van der Waals surface area (Å²) in [7, 11) is 1.53. The number of carbonyl (C=O) groups excluding carboxylic acids is 1. The molecule has 5 unspecified atom stereocenters. The van der Waals surface area contributed by atoms with Crippen LogP contribution in [0.1, 0.15) is 44.9 Å². The number of fused-ring (bicyclic) bond motifs is 2. The third-order valence-electron chi connectivity index (χ3n) is 6.35. The summed E-state index contributed by atoms with van der Waals surface area (Å²) in [6, 6.07) is -0.909. The van der Waals surface area contributed by atoms with Crippen molar-refractivity contribution >= 4 is 11.6 Å². The molecule has 1 heterocycles. The molecule has 1 amide bonds. The maximum absolute atomic E-state index is 14.6. The Hall–Kier alpha value is -1.72. The van der Waals surface area contributed by atoms with Crippen molar-refractivity contribution in [3.8, 4) is 0 Å². The van der Waals surface area contributed by atoms with Crippen LogP contribution in [-0.4, -0.2) is 36.7 Å². The topological polar surface area (TPSA) is 50.7 Å². The summed E-state index contributed by atoms with van der Waals surface area (Å²) in [5.41, 5.74) is -0.624. The summed E-state index contributed by atoms with van der Waals surface area (Å²) in [6.45, 7) is 0. The zero-order chi connectivity index (χ0) is 18.3. The SMILES string of the molecule is COC1=CC2NC(=O)C(C(F)(F)CCCCC3CCC4CC34)=NC2C=C1. The summed E-state index contributed by atoms with van der Waals surface area (Å²) in [4.78, 5) is 16.2. The molecule has 0 aromatic rings. The van der Waals surface area contributed by atoms with Crippen molar-refractivity contribution < 1.29 is 18.3 Å². The second-order valence-corrected chi connectivity index (χ2v) is 8.05. The molecule has 4 rings (SSSR count). The first-order valence-corrected chi connectivity index (χ1v) is 9.69. The first-order chi connectivity index (χ1) is 12.5. The Morgan fingerprint density at radius 3 is 2.88 bits per heavy atom. The van der Waals surface area contributed by atoms with Gasteiger partial charge >= 0.3 is 0 Å². The lowest BCUT2D eigenvalue weighted by Gasteiger charge is -2.31. The summed E-state index contributed by atoms with van der Waals surface area (Å²) in [5.74, 6) is -0.781. The number of nitrogens with one attached hydrogen (secondary N) is 1. The number of aliphatic imine (C=N–C) groups is 1. The van der Waals surface area contributed by atoms with E-state index in [4.69, 9.17) is 4.74 Å². The smallest absolute Gasteiger partial charge is 0.294 e. The highest BCUT2D eigenvalue weighted by atomic mass is 19.3. The predicted octanol–water partition coefficient (Wildman–Crippen LogP) is 3.64. The Kier molecular flexibility index (Phi) is 4.61. The van der Waals surface area contributed by atoms with Gasteiger partial charge < -0.3 is 10.1 Å². The maximum Gasteiger partial charge on any atom is 0.294 e. The number of hydrogen-bond donors (Lipinski definition) is 1. The molecule has 0 aromatic heterocycles. The highest BCUT2D eigenvalue weighted by Crippen LogP contribution is 2.56. The number of hydrogen-bond acceptors (Lipinski definition) is 3. The van der Waals surface area contributed by atoms with Crippen LogP contribution in [0.15, 0.2) is 29.0 Å². The lowest BCUT2D eigenvalue weighted by molar-refractivity contribution is -0.117. The molecule has 0 aromatic carbocycles. The molecule has 5 atom stereocenters. The van der Waals surface area contributed by atoms with E-state index >= 15 is 0 Å². The summed E-state index contributed by atoms with van der Waals surface area (Å²) >= 11 is 0. The quantitative estimate of drug-likeness (QED) is 0.701. The lowest BCUT2D eigenvalue weighted by atomic mass is 9.94. The minimum absolute atomic E-state index is 0.305. The molecule has 3 aliphatic carbocycles. The molecule has 142 valence electrons. The van der Waals surface area contributed by atoms with Crippen LogP contribution in [0.2, 0.25) is 0 Å². The third-order valence-corrected chi connectivity index (χ3v) is 6.35. The number of halogens is 2. The molecule has 6 heteroatoms. The van der Waals surface area contributed by atoms with Gasteiger partial charge in [0.1, 0.15) is 5.76 Å². The molecule has 0 saturated heterocycles. The minimum Gasteiger partial charge on any atom is -0.497 e. The molecule has 1 N–H and O–H groups in total. The van der Waals surface area contributed by atoms with E-state index in [-0.39, 0.29) is 6.42 Å². The lowest BCUT2D eigenvalue weighted by Crippen LogP contribution is -2.54. The number of alkyl halides is 2. The van der Waals surface area contributed by atoms with Crippen molar-refractivity contribution in [3.63, 3.8) is 0 Å². The van der Waals surface area contributed by atoms with Gasteiger partial charge in [-0.25, -0.2) is 0 Å². The van der Waals surface area contributed by atoms with Gasteiger partial charge in [0.2, 0.25) is 0 Å². The summed E-state index contributed by atoms with van der Waals surface area (Å²) in [6.07, 6.45) is 11.0. The van der Waals surface area contributed by atoms with Gasteiger partial charge in [-0.3, -0.25) is 9.79 Å². The van der Waals surface area contributed by atoms with Gasteiger partial charge in [0.15, 0.2) is 5.71 Å². The summed E-state index contributed by atoms with van der Waals surface area (Å²) in [5, 5.41) is 2.63. The van der Waals surface area contributed by atoms with Crippen LogP contribution in [0, 0.1) is 17.8 Å². The monoisotopic (exact) mass is 364 g/mol. The Labute approximate surface area is 152 Å². The molecule has 4 aliphatic rings. The highest BCUT2D eigenvalue weighted by molar-refractivity contribution is 6.42. The molecule has 0 radical (unpaired) electrons. The molecular formula is C20H26F2N2O2. The standard InChI is InChI=1S/C20H26F2N2O2/c1-26-14-7-8-16-17(11-14)24-19(25)18(23-16)20(21,22)9-3-2-4-12-5-6-13-10-15(12)13/h7-8,11-13,15-17H,2-6,9-10H2,1H3,(H,24,25). The van der Waals surface area contributed by atoms with Gasteiger partial charge in [-0.2, -0.15) is 8.78 Å². The molecule has 4 nitrogen and oxygen atoms in total. The van der Waals surface area contributed by atoms with Crippen LogP contribution in [0.4, 0.5) is 8.78 Å². The predicted molar refractivity (Wildman–Crippen MR) is 95.1 cm³/mol. The number of carbonyl (C=O) groups is 1. The fourth-order valence-electron chi connectivity index (χ4n) is 4.77. The van der Waals surface area contributed by atoms with E-state index in [2.05, 4.69) is 10.3 Å². The second-order valence-electron chi connectivity index (χ2n) is 8.05. The van der Waals surface area contributed by atoms with Crippen LogP contribution in [0.5, 0.6) is 0 Å². The molecule has 2 fully saturated rings. The first-order valence-electron chi connectivity index (χ1n) is 9.69. The van der Waals surface area contributed by atoms with Crippen LogP contribution in [0.25, 0.3) is 0 Å². The van der Waals surface area contributed by atoms with Crippen molar-refractivity contribution in [2.45, 2.75) is 63.0 Å². The highest BCUT2D eigenvalue weighted by Gasteiger charge is 2.47. The van der Waals surface area contributed by atoms with E-state index < -0.39 is 29.6 Å². The number of nitrogens with zero attached hydrogens (tertiary/aromatic N) is 1. The Morgan fingerprint density at radius 2 is 2.19 bits per heavy atom. The average molecular weight is 364 g/mol. The van der Waals surface area contributed by atoms with Crippen LogP contribution < -0.4 is 5.32 Å². The van der Waals surface area contributed by atoms with E-state index in [9.17, 15) is 13.6 Å². The first kappa shape index (κ1) is 17.7. The zero-order valence-corrected chi connectivity index (χ0v) is 15.1. The fourth-order valence-corrected chi connectivity index (χ4v) is 4.77. The van der Waals surface area contributed by atoms with Crippen molar-refractivity contribution in [2.24, 2.45) is 22.7 Å². The number of ether oxygens (including phenoxy) is 1. The van der Waals surface area contributed by atoms with Crippen molar-refractivity contribution in [2.75, 3.05) is 7.11 Å². The van der Waals surface area contributed by atoms with Crippen molar-refractivity contribution in [1.29, 1.82) is 0 Å². The summed E-state index contributed by atoms with van der Waals surface area (Å²) < 4.78 is 34.3. The minimum atomic E-state index is -3.17. The van der Waals surface area contributed by atoms with Crippen LogP contribution >= 0.6 is 0 Å². The number of unbranched alkanes of at least 4 members (excludes halogenated alkanes) is 1. The number of amides is 1. The van der Waals surface area contributed by atoms with Gasteiger partial charge in [-0.05, 0) is 55.6 Å². The fraction of sp³-hybridized carbons (Fsp3) is 0.700. The Morgan fingerprint density at radius 1 is 1.35 bits per heavy atom. The van der Waals surface area contributed by atoms with E-state index in [1.807, 2.05) is 0 Å². The Bertz CT molecular complexity index is 671. The van der Waals surface area contributed by atoms with E-state index in [0.717, 1.165) is 30.6 Å². The zero-order valence-electron chi connectivity index (χ0n) is 15.1. The largest absolute Gasteiger partial charge is 0.497 e. The van der Waals surface area contributed by atoms with Gasteiger partial charge in [-0.1, -0.05) is 18.9 Å². The molecule has 1 aliphatic heterocycles. The molecule has 0 spiro atoms. The molecule has 0 bridgehead atoms. The van der Waals surface area contributed by atoms with E-state index in [1.165, 1.54) is 26.4 Å². The van der Waals surface area contributed by atoms with Gasteiger partial charge in [-0.15, -0.1) is 0 Å². The third kappa shape index (κ3) is 3.42.